The summed E-state index contributed by atoms with van der Waals surface area (Å²) in [5.74, 6) is -1.55. The summed E-state index contributed by atoms with van der Waals surface area (Å²) < 4.78 is 10.3. The van der Waals surface area contributed by atoms with Crippen LogP contribution in [0, 0.1) is 6.92 Å². The van der Waals surface area contributed by atoms with E-state index in [1.54, 1.807) is 6.92 Å². The molecule has 0 fully saturated rings. The van der Waals surface area contributed by atoms with E-state index in [2.05, 4.69) is 15.8 Å². The number of anilines is 1. The molecule has 9 nitrogen and oxygen atoms in total. The number of ether oxygens (including phenoxy) is 1. The lowest BCUT2D eigenvalue weighted by Gasteiger charge is -2.18. The zero-order chi connectivity index (χ0) is 22.7. The fourth-order valence-corrected chi connectivity index (χ4v) is 3.80. The lowest BCUT2D eigenvalue weighted by Crippen LogP contribution is -2.45. The van der Waals surface area contributed by atoms with Gasteiger partial charge < -0.3 is 25.0 Å². The minimum Gasteiger partial charge on any atom is -0.481 e. The molecule has 1 atom stereocenters. The normalized spacial score (nSPS) is 13.0. The third kappa shape index (κ3) is 4.46. The summed E-state index contributed by atoms with van der Waals surface area (Å²) >= 11 is 0. The predicted molar refractivity (Wildman–Crippen MR) is 114 cm³/mol. The molecule has 1 heterocycles. The zero-order valence-electron chi connectivity index (χ0n) is 17.2. The van der Waals surface area contributed by atoms with E-state index in [1.807, 2.05) is 48.5 Å². The van der Waals surface area contributed by atoms with E-state index in [4.69, 9.17) is 14.4 Å². The number of aromatic nitrogens is 1. The van der Waals surface area contributed by atoms with Crippen LogP contribution in [0.5, 0.6) is 0 Å². The minimum atomic E-state index is -1.35. The van der Waals surface area contributed by atoms with E-state index < -0.39 is 30.4 Å². The first-order valence-corrected chi connectivity index (χ1v) is 10.00. The Morgan fingerprint density at radius 1 is 1.09 bits per heavy atom. The van der Waals surface area contributed by atoms with Gasteiger partial charge in [0.15, 0.2) is 5.82 Å². The molecule has 0 saturated heterocycles. The third-order valence-corrected chi connectivity index (χ3v) is 5.21. The second-order valence-corrected chi connectivity index (χ2v) is 7.43. The number of amides is 2. The Hall–Kier alpha value is -4.14. The van der Waals surface area contributed by atoms with Crippen LogP contribution in [-0.2, 0) is 14.3 Å². The number of nitrogens with zero attached hydrogens (tertiary/aromatic N) is 1. The zero-order valence-corrected chi connectivity index (χ0v) is 17.2. The maximum absolute atomic E-state index is 12.5. The summed E-state index contributed by atoms with van der Waals surface area (Å²) in [6, 6.07) is 15.9. The first-order valence-electron chi connectivity index (χ1n) is 10.00. The average Bonchev–Trinajstić information content (AvgIpc) is 3.32. The van der Waals surface area contributed by atoms with Crippen molar-refractivity contribution in [2.24, 2.45) is 0 Å². The van der Waals surface area contributed by atoms with Crippen molar-refractivity contribution >= 4 is 23.8 Å². The van der Waals surface area contributed by atoms with Crippen LogP contribution in [-0.4, -0.2) is 40.9 Å². The van der Waals surface area contributed by atoms with Crippen molar-refractivity contribution in [3.8, 4) is 11.1 Å². The van der Waals surface area contributed by atoms with Gasteiger partial charge in [0.2, 0.25) is 5.91 Å². The summed E-state index contributed by atoms with van der Waals surface area (Å²) in [5.41, 5.74) is 4.26. The van der Waals surface area contributed by atoms with Gasteiger partial charge in [-0.1, -0.05) is 53.7 Å². The second-order valence-electron chi connectivity index (χ2n) is 7.43. The number of hydrogen-bond acceptors (Lipinski definition) is 6. The smallest absolute Gasteiger partial charge is 0.407 e. The maximum atomic E-state index is 12.5. The molecule has 0 aliphatic heterocycles. The van der Waals surface area contributed by atoms with Crippen molar-refractivity contribution < 1.29 is 28.8 Å². The van der Waals surface area contributed by atoms with Crippen molar-refractivity contribution in [2.75, 3.05) is 11.9 Å². The lowest BCUT2D eigenvalue weighted by molar-refractivity contribution is -0.139. The highest BCUT2D eigenvalue weighted by Gasteiger charge is 2.30. The number of fused-ring (bicyclic) bond motifs is 3. The van der Waals surface area contributed by atoms with Crippen LogP contribution in [0.3, 0.4) is 0 Å². The summed E-state index contributed by atoms with van der Waals surface area (Å²) in [6.45, 7) is 1.69. The number of carboxylic acid groups (broad SMARTS) is 1. The Labute approximate surface area is 183 Å². The third-order valence-electron chi connectivity index (χ3n) is 5.21. The Balaban J connectivity index is 1.42. The van der Waals surface area contributed by atoms with Crippen LogP contribution in [0.15, 0.2) is 59.1 Å². The molecule has 164 valence electrons. The molecular weight excluding hydrogens is 414 g/mol. The number of carbonyl (C=O) groups is 3. The molecule has 1 aromatic heterocycles. The summed E-state index contributed by atoms with van der Waals surface area (Å²) in [5, 5.41) is 17.5. The molecule has 0 bridgehead atoms. The van der Waals surface area contributed by atoms with Crippen molar-refractivity contribution in [2.45, 2.75) is 25.3 Å². The predicted octanol–water partition coefficient (Wildman–Crippen LogP) is 3.30. The van der Waals surface area contributed by atoms with Crippen molar-refractivity contribution in [1.29, 1.82) is 0 Å². The topological polar surface area (TPSA) is 131 Å². The first-order chi connectivity index (χ1) is 15.4. The van der Waals surface area contributed by atoms with Gasteiger partial charge in [-0.15, -0.1) is 0 Å². The Kier molecular flexibility index (Phi) is 5.89. The van der Waals surface area contributed by atoms with Crippen LogP contribution in [0.4, 0.5) is 10.6 Å². The number of hydrogen-bond donors (Lipinski definition) is 3. The largest absolute Gasteiger partial charge is 0.481 e. The van der Waals surface area contributed by atoms with Gasteiger partial charge in [0, 0.05) is 12.0 Å². The van der Waals surface area contributed by atoms with Gasteiger partial charge in [-0.3, -0.25) is 9.59 Å². The molecule has 1 unspecified atom stereocenters. The molecule has 1 aliphatic rings. The van der Waals surface area contributed by atoms with Crippen molar-refractivity contribution in [3.63, 3.8) is 0 Å². The molecule has 0 saturated carbocycles. The highest BCUT2D eigenvalue weighted by molar-refractivity contribution is 5.97. The number of rotatable bonds is 7. The van der Waals surface area contributed by atoms with E-state index in [-0.39, 0.29) is 18.3 Å². The van der Waals surface area contributed by atoms with Crippen molar-refractivity contribution in [3.05, 3.63) is 71.5 Å². The van der Waals surface area contributed by atoms with Crippen LogP contribution < -0.4 is 10.6 Å². The summed E-state index contributed by atoms with van der Waals surface area (Å²) in [6.07, 6.45) is -1.50. The van der Waals surface area contributed by atoms with Gasteiger partial charge in [-0.2, -0.15) is 0 Å². The fraction of sp³-hybridized carbons (Fsp3) is 0.217. The number of alkyl carbamates (subject to hydrolysis) is 1. The lowest BCUT2D eigenvalue weighted by atomic mass is 9.98. The maximum Gasteiger partial charge on any atom is 0.407 e. The molecular formula is C23H21N3O6. The highest BCUT2D eigenvalue weighted by Crippen LogP contribution is 2.44. The summed E-state index contributed by atoms with van der Waals surface area (Å²) in [4.78, 5) is 36.1. The SMILES string of the molecule is Cc1cc(NC(=O)C(CC(=O)O)NC(=O)OCC2c3ccccc3-c3ccccc32)no1. The van der Waals surface area contributed by atoms with Gasteiger partial charge in [0.25, 0.3) is 0 Å². The fourth-order valence-electron chi connectivity index (χ4n) is 3.80. The van der Waals surface area contributed by atoms with E-state index in [9.17, 15) is 14.4 Å². The summed E-state index contributed by atoms with van der Waals surface area (Å²) in [7, 11) is 0. The Morgan fingerprint density at radius 2 is 1.72 bits per heavy atom. The van der Waals surface area contributed by atoms with Gasteiger partial charge >= 0.3 is 12.1 Å². The molecule has 3 aromatic rings. The molecule has 3 N–H and O–H groups in total. The number of nitrogens with one attached hydrogen (secondary N) is 2. The molecule has 0 radical (unpaired) electrons. The van der Waals surface area contributed by atoms with Crippen molar-refractivity contribution in [1.82, 2.24) is 10.5 Å². The number of carbonyl (C=O) groups excluding carboxylic acids is 2. The number of benzene rings is 2. The van der Waals surface area contributed by atoms with Crippen LogP contribution in [0.2, 0.25) is 0 Å². The van der Waals surface area contributed by atoms with E-state index >= 15 is 0 Å². The number of carboxylic acids is 1. The monoisotopic (exact) mass is 435 g/mol. The average molecular weight is 435 g/mol. The first kappa shape index (κ1) is 21.1. The standard InChI is InChI=1S/C23H21N3O6/c1-13-10-20(26-32-13)25-22(29)19(11-21(27)28)24-23(30)31-12-18-16-8-4-2-6-14(16)15-7-3-5-9-17(15)18/h2-10,18-19H,11-12H2,1H3,(H,24,30)(H,27,28)(H,25,26,29). The molecule has 9 heteroatoms. The van der Waals surface area contributed by atoms with Gasteiger partial charge in [0.1, 0.15) is 18.4 Å². The Morgan fingerprint density at radius 3 is 2.28 bits per heavy atom. The van der Waals surface area contributed by atoms with Crippen LogP contribution >= 0.6 is 0 Å². The van der Waals surface area contributed by atoms with Gasteiger partial charge in [-0.05, 0) is 29.2 Å². The van der Waals surface area contributed by atoms with E-state index in [0.29, 0.717) is 5.76 Å². The molecule has 2 amide bonds. The van der Waals surface area contributed by atoms with E-state index in [1.165, 1.54) is 6.07 Å². The van der Waals surface area contributed by atoms with E-state index in [0.717, 1.165) is 22.3 Å². The highest BCUT2D eigenvalue weighted by atomic mass is 16.5. The molecule has 2 aromatic carbocycles. The van der Waals surface area contributed by atoms with Crippen LogP contribution in [0.1, 0.15) is 29.2 Å². The minimum absolute atomic E-state index is 0.0454. The van der Waals surface area contributed by atoms with Gasteiger partial charge in [-0.25, -0.2) is 4.79 Å². The molecule has 1 aliphatic carbocycles. The second kappa shape index (κ2) is 8.93. The number of aliphatic carboxylic acids is 1. The number of aryl methyl sites for hydroxylation is 1. The van der Waals surface area contributed by atoms with Crippen LogP contribution in [0.25, 0.3) is 11.1 Å². The Bertz CT molecular complexity index is 1130. The van der Waals surface area contributed by atoms with Gasteiger partial charge in [0.05, 0.1) is 6.42 Å². The molecule has 0 spiro atoms. The molecule has 32 heavy (non-hydrogen) atoms. The molecule has 4 rings (SSSR count). The quantitative estimate of drug-likeness (QED) is 0.519.